The summed E-state index contributed by atoms with van der Waals surface area (Å²) in [5, 5.41) is 3.85. The quantitative estimate of drug-likeness (QED) is 0.714. The lowest BCUT2D eigenvalue weighted by molar-refractivity contribution is 0.102. The van der Waals surface area contributed by atoms with Gasteiger partial charge in [-0.05, 0) is 43.4 Å². The molecule has 0 saturated carbocycles. The number of piperazine rings is 1. The molecule has 1 aromatic heterocycles. The van der Waals surface area contributed by atoms with Gasteiger partial charge in [0.15, 0.2) is 0 Å². The van der Waals surface area contributed by atoms with E-state index in [0.29, 0.717) is 37.4 Å². The van der Waals surface area contributed by atoms with Gasteiger partial charge in [-0.15, -0.1) is 0 Å². The van der Waals surface area contributed by atoms with Crippen LogP contribution in [-0.2, 0) is 17.1 Å². The van der Waals surface area contributed by atoms with Crippen molar-refractivity contribution in [3.05, 3.63) is 60.3 Å². The van der Waals surface area contributed by atoms with E-state index in [1.54, 1.807) is 18.2 Å². The lowest BCUT2D eigenvalue weighted by atomic mass is 10.2. The van der Waals surface area contributed by atoms with Crippen LogP contribution in [0.1, 0.15) is 10.4 Å². The van der Waals surface area contributed by atoms with Crippen molar-refractivity contribution >= 4 is 32.5 Å². The van der Waals surface area contributed by atoms with Crippen LogP contribution in [0, 0.1) is 0 Å². The number of hydrogen-bond donors (Lipinski definition) is 1. The average Bonchev–Trinajstić information content (AvgIpc) is 3.10. The highest BCUT2D eigenvalue weighted by Crippen LogP contribution is 2.25. The van der Waals surface area contributed by atoms with Gasteiger partial charge in [0.2, 0.25) is 10.0 Å². The van der Waals surface area contributed by atoms with Gasteiger partial charge < -0.3 is 14.8 Å². The fourth-order valence-corrected chi connectivity index (χ4v) is 5.05. The molecule has 152 valence electrons. The molecule has 0 spiro atoms. The Bertz CT molecular complexity index is 1160. The molecular weight excluding hydrogens is 388 g/mol. The number of aryl methyl sites for hydroxylation is 1. The number of sulfonamides is 1. The third-order valence-corrected chi connectivity index (χ3v) is 7.27. The van der Waals surface area contributed by atoms with Crippen LogP contribution in [0.2, 0.25) is 0 Å². The Hall–Kier alpha value is -2.68. The van der Waals surface area contributed by atoms with Crippen LogP contribution >= 0.6 is 0 Å². The van der Waals surface area contributed by atoms with Crippen molar-refractivity contribution in [2.24, 2.45) is 7.05 Å². The second kappa shape index (κ2) is 7.62. The zero-order valence-electron chi connectivity index (χ0n) is 16.5. The first-order valence-corrected chi connectivity index (χ1v) is 10.9. The van der Waals surface area contributed by atoms with Gasteiger partial charge in [-0.1, -0.05) is 12.1 Å². The van der Waals surface area contributed by atoms with Crippen molar-refractivity contribution < 1.29 is 13.2 Å². The summed E-state index contributed by atoms with van der Waals surface area (Å²) in [5.74, 6) is -0.336. The van der Waals surface area contributed by atoms with E-state index in [9.17, 15) is 13.2 Å². The van der Waals surface area contributed by atoms with Crippen LogP contribution in [0.4, 0.5) is 5.69 Å². The fourth-order valence-electron chi connectivity index (χ4n) is 3.58. The zero-order chi connectivity index (χ0) is 20.6. The fraction of sp³-hybridized carbons (Fsp3) is 0.286. The molecule has 0 unspecified atom stereocenters. The molecule has 0 radical (unpaired) electrons. The summed E-state index contributed by atoms with van der Waals surface area (Å²) in [7, 11) is 0.297. The molecule has 2 aromatic carbocycles. The number of amides is 1. The van der Waals surface area contributed by atoms with E-state index < -0.39 is 10.0 Å². The number of benzene rings is 2. The van der Waals surface area contributed by atoms with Crippen LogP contribution in [0.15, 0.2) is 59.6 Å². The minimum absolute atomic E-state index is 0.146. The highest BCUT2D eigenvalue weighted by molar-refractivity contribution is 7.89. The number of carbonyl (C=O) groups excluding carboxylic acids is 1. The van der Waals surface area contributed by atoms with Gasteiger partial charge in [0.1, 0.15) is 0 Å². The van der Waals surface area contributed by atoms with E-state index in [0.717, 1.165) is 10.9 Å². The van der Waals surface area contributed by atoms with Crippen LogP contribution in [0.5, 0.6) is 0 Å². The van der Waals surface area contributed by atoms with E-state index in [-0.39, 0.29) is 10.8 Å². The lowest BCUT2D eigenvalue weighted by Crippen LogP contribution is -2.47. The maximum Gasteiger partial charge on any atom is 0.255 e. The van der Waals surface area contributed by atoms with Gasteiger partial charge >= 0.3 is 0 Å². The van der Waals surface area contributed by atoms with Gasteiger partial charge in [-0.2, -0.15) is 4.31 Å². The van der Waals surface area contributed by atoms with Crippen molar-refractivity contribution in [1.82, 2.24) is 13.8 Å². The molecule has 1 N–H and O–H groups in total. The molecule has 1 amide bonds. The predicted octanol–water partition coefficient (Wildman–Crippen LogP) is 2.37. The van der Waals surface area contributed by atoms with Crippen LogP contribution in [-0.4, -0.2) is 61.3 Å². The number of anilines is 1. The number of nitrogens with one attached hydrogen (secondary N) is 1. The predicted molar refractivity (Wildman–Crippen MR) is 114 cm³/mol. The van der Waals surface area contributed by atoms with Crippen molar-refractivity contribution in [2.75, 3.05) is 38.5 Å². The maximum atomic E-state index is 13.0. The normalized spacial score (nSPS) is 16.2. The summed E-state index contributed by atoms with van der Waals surface area (Å²) in [6.45, 7) is 2.29. The number of likely N-dealkylation sites (N-methyl/N-ethyl adjacent to an activating group) is 1. The second-order valence-electron chi connectivity index (χ2n) is 7.35. The standard InChI is InChI=1S/C21H24N4O3S/c1-23-11-13-25(14-12-23)29(27,28)17-6-3-5-16(15-17)21(26)22-19-7-4-8-20-18(19)9-10-24(20)2/h3-10,15H,11-14H2,1-2H3,(H,22,26). The molecule has 1 saturated heterocycles. The van der Waals surface area contributed by atoms with E-state index >= 15 is 0 Å². The molecule has 4 rings (SSSR count). The van der Waals surface area contributed by atoms with Crippen molar-refractivity contribution in [2.45, 2.75) is 4.90 Å². The summed E-state index contributed by atoms with van der Waals surface area (Å²) >= 11 is 0. The van der Waals surface area contributed by atoms with Gasteiger partial charge in [0, 0.05) is 55.9 Å². The van der Waals surface area contributed by atoms with Crippen LogP contribution in [0.3, 0.4) is 0 Å². The number of carbonyl (C=O) groups is 1. The molecule has 2 heterocycles. The van der Waals surface area contributed by atoms with E-state index in [1.807, 2.05) is 49.1 Å². The molecule has 1 aliphatic rings. The molecule has 3 aromatic rings. The minimum Gasteiger partial charge on any atom is -0.350 e. The van der Waals surface area contributed by atoms with Gasteiger partial charge in [-0.3, -0.25) is 4.79 Å². The summed E-state index contributed by atoms with van der Waals surface area (Å²) in [6.07, 6.45) is 1.93. The van der Waals surface area contributed by atoms with Gasteiger partial charge in [-0.25, -0.2) is 8.42 Å². The zero-order valence-corrected chi connectivity index (χ0v) is 17.3. The summed E-state index contributed by atoms with van der Waals surface area (Å²) in [5.41, 5.74) is 2.02. The monoisotopic (exact) mass is 412 g/mol. The second-order valence-corrected chi connectivity index (χ2v) is 9.29. The Labute approximate surface area is 170 Å². The SMILES string of the molecule is CN1CCN(S(=O)(=O)c2cccc(C(=O)Nc3cccc4c3ccn4C)c2)CC1. The largest absolute Gasteiger partial charge is 0.350 e. The molecular formula is C21H24N4O3S. The average molecular weight is 413 g/mol. The first-order valence-electron chi connectivity index (χ1n) is 9.50. The summed E-state index contributed by atoms with van der Waals surface area (Å²) in [6, 6.07) is 13.9. The van der Waals surface area contributed by atoms with E-state index in [4.69, 9.17) is 0 Å². The maximum absolute atomic E-state index is 13.0. The Morgan fingerprint density at radius 1 is 0.966 bits per heavy atom. The molecule has 1 fully saturated rings. The highest BCUT2D eigenvalue weighted by Gasteiger charge is 2.28. The third-order valence-electron chi connectivity index (χ3n) is 5.37. The molecule has 29 heavy (non-hydrogen) atoms. The molecule has 0 bridgehead atoms. The Morgan fingerprint density at radius 2 is 1.69 bits per heavy atom. The molecule has 0 atom stereocenters. The molecule has 8 heteroatoms. The molecule has 0 aliphatic carbocycles. The van der Waals surface area contributed by atoms with E-state index in [1.165, 1.54) is 10.4 Å². The van der Waals surface area contributed by atoms with Crippen molar-refractivity contribution in [1.29, 1.82) is 0 Å². The Morgan fingerprint density at radius 3 is 2.45 bits per heavy atom. The Kier molecular flexibility index (Phi) is 5.16. The number of nitrogens with zero attached hydrogens (tertiary/aromatic N) is 3. The topological polar surface area (TPSA) is 74.7 Å². The summed E-state index contributed by atoms with van der Waals surface area (Å²) < 4.78 is 29.4. The third kappa shape index (κ3) is 3.78. The van der Waals surface area contributed by atoms with Crippen molar-refractivity contribution in [3.8, 4) is 0 Å². The van der Waals surface area contributed by atoms with Gasteiger partial charge in [0.05, 0.1) is 10.6 Å². The number of hydrogen-bond acceptors (Lipinski definition) is 4. The first kappa shape index (κ1) is 19.6. The lowest BCUT2D eigenvalue weighted by Gasteiger charge is -2.31. The van der Waals surface area contributed by atoms with Gasteiger partial charge in [0.25, 0.3) is 5.91 Å². The first-order chi connectivity index (χ1) is 13.9. The number of rotatable bonds is 4. The summed E-state index contributed by atoms with van der Waals surface area (Å²) in [4.78, 5) is 15.1. The Balaban J connectivity index is 1.59. The molecule has 1 aliphatic heterocycles. The minimum atomic E-state index is -3.62. The highest BCUT2D eigenvalue weighted by atomic mass is 32.2. The smallest absolute Gasteiger partial charge is 0.255 e. The van der Waals surface area contributed by atoms with Crippen molar-refractivity contribution in [3.63, 3.8) is 0 Å². The van der Waals surface area contributed by atoms with Crippen LogP contribution < -0.4 is 5.32 Å². The number of aromatic nitrogens is 1. The van der Waals surface area contributed by atoms with E-state index in [2.05, 4.69) is 10.2 Å². The number of fused-ring (bicyclic) bond motifs is 1. The van der Waals surface area contributed by atoms with Crippen LogP contribution in [0.25, 0.3) is 10.9 Å². The molecule has 7 nitrogen and oxygen atoms in total.